The fourth-order valence-electron chi connectivity index (χ4n) is 1.75. The highest BCUT2D eigenvalue weighted by molar-refractivity contribution is 7.98. The second kappa shape index (κ2) is 5.46. The van der Waals surface area contributed by atoms with Crippen molar-refractivity contribution in [2.45, 2.75) is 10.6 Å². The van der Waals surface area contributed by atoms with E-state index >= 15 is 0 Å². The number of fused-ring (bicyclic) bond motifs is 1. The first kappa shape index (κ1) is 12.9. The molecule has 0 amide bonds. The number of rotatable bonds is 4. The molecular formula is C13H11NO5S. The van der Waals surface area contributed by atoms with Crippen molar-refractivity contribution in [2.24, 2.45) is 0 Å². The van der Waals surface area contributed by atoms with Gasteiger partial charge in [-0.2, -0.15) is 0 Å². The quantitative estimate of drug-likeness (QED) is 0.867. The average Bonchev–Trinajstić information content (AvgIpc) is 2.94. The lowest BCUT2D eigenvalue weighted by atomic mass is 10.3. The van der Waals surface area contributed by atoms with E-state index in [9.17, 15) is 4.79 Å². The molecule has 1 N–H and O–H groups in total. The summed E-state index contributed by atoms with van der Waals surface area (Å²) in [7, 11) is 0. The fourth-order valence-corrected chi connectivity index (χ4v) is 2.55. The summed E-state index contributed by atoms with van der Waals surface area (Å²) in [5, 5.41) is 12.2. The zero-order valence-corrected chi connectivity index (χ0v) is 11.2. The van der Waals surface area contributed by atoms with Gasteiger partial charge in [-0.05, 0) is 18.2 Å². The Morgan fingerprint density at radius 3 is 2.80 bits per heavy atom. The van der Waals surface area contributed by atoms with Gasteiger partial charge in [0.2, 0.25) is 0 Å². The summed E-state index contributed by atoms with van der Waals surface area (Å²) in [4.78, 5) is 11.7. The number of thioether (sulfide) groups is 1. The number of carboxylic acids is 1. The topological polar surface area (TPSA) is 81.8 Å². The molecular weight excluding hydrogens is 282 g/mol. The van der Waals surface area contributed by atoms with Gasteiger partial charge in [0.05, 0.1) is 5.75 Å². The van der Waals surface area contributed by atoms with E-state index in [0.717, 1.165) is 16.4 Å². The molecule has 0 spiro atoms. The zero-order valence-electron chi connectivity index (χ0n) is 10.4. The zero-order chi connectivity index (χ0) is 13.9. The molecule has 7 heteroatoms. The lowest BCUT2D eigenvalue weighted by Gasteiger charge is -2.18. The Morgan fingerprint density at radius 2 is 2.05 bits per heavy atom. The van der Waals surface area contributed by atoms with Gasteiger partial charge in [-0.3, -0.25) is 0 Å². The van der Waals surface area contributed by atoms with E-state index in [1.54, 1.807) is 0 Å². The maximum Gasteiger partial charge on any atom is 0.358 e. The smallest absolute Gasteiger partial charge is 0.358 e. The summed E-state index contributed by atoms with van der Waals surface area (Å²) in [6, 6.07) is 7.10. The molecule has 1 aliphatic heterocycles. The number of aromatic nitrogens is 1. The molecule has 2 heterocycles. The van der Waals surface area contributed by atoms with E-state index in [0.29, 0.717) is 24.7 Å². The van der Waals surface area contributed by atoms with Gasteiger partial charge in [-0.15, -0.1) is 11.8 Å². The van der Waals surface area contributed by atoms with Crippen molar-refractivity contribution in [3.05, 3.63) is 35.7 Å². The molecule has 0 atom stereocenters. The van der Waals surface area contributed by atoms with E-state index in [-0.39, 0.29) is 5.69 Å². The second-order valence-corrected chi connectivity index (χ2v) is 5.13. The van der Waals surface area contributed by atoms with Gasteiger partial charge in [-0.1, -0.05) is 5.16 Å². The molecule has 0 saturated carbocycles. The van der Waals surface area contributed by atoms with Crippen LogP contribution in [-0.2, 0) is 5.75 Å². The van der Waals surface area contributed by atoms with E-state index in [1.807, 2.05) is 18.2 Å². The second-order valence-electron chi connectivity index (χ2n) is 4.08. The van der Waals surface area contributed by atoms with Gasteiger partial charge in [0.1, 0.15) is 19.0 Å². The van der Waals surface area contributed by atoms with Crippen molar-refractivity contribution < 1.29 is 23.9 Å². The summed E-state index contributed by atoms with van der Waals surface area (Å²) >= 11 is 1.51. The van der Waals surface area contributed by atoms with Crippen molar-refractivity contribution in [1.82, 2.24) is 5.16 Å². The lowest BCUT2D eigenvalue weighted by Crippen LogP contribution is -2.15. The van der Waals surface area contributed by atoms with Crippen LogP contribution in [0, 0.1) is 0 Å². The van der Waals surface area contributed by atoms with Crippen molar-refractivity contribution in [3.8, 4) is 11.5 Å². The third kappa shape index (κ3) is 2.72. The highest BCUT2D eigenvalue weighted by atomic mass is 32.2. The van der Waals surface area contributed by atoms with Crippen molar-refractivity contribution in [2.75, 3.05) is 13.2 Å². The standard InChI is InChI=1S/C13H11NO5S/c15-13(16)10-5-8(19-14-10)7-20-9-1-2-11-12(6-9)18-4-3-17-11/h1-2,5-6H,3-4,7H2,(H,15,16). The van der Waals surface area contributed by atoms with Crippen LogP contribution in [-0.4, -0.2) is 29.4 Å². The number of carbonyl (C=O) groups is 1. The van der Waals surface area contributed by atoms with E-state index in [1.165, 1.54) is 17.8 Å². The molecule has 2 aromatic rings. The molecule has 0 bridgehead atoms. The normalized spacial score (nSPS) is 13.2. The molecule has 0 aliphatic carbocycles. The maximum atomic E-state index is 10.7. The average molecular weight is 293 g/mol. The van der Waals surface area contributed by atoms with Crippen molar-refractivity contribution >= 4 is 17.7 Å². The van der Waals surface area contributed by atoms with Crippen LogP contribution in [0.3, 0.4) is 0 Å². The number of aromatic carboxylic acids is 1. The Kier molecular flexibility index (Phi) is 3.51. The molecule has 0 fully saturated rings. The Labute approximate surface area is 118 Å². The van der Waals surface area contributed by atoms with Crippen LogP contribution in [0.1, 0.15) is 16.2 Å². The summed E-state index contributed by atoms with van der Waals surface area (Å²) in [5.41, 5.74) is -0.0808. The van der Waals surface area contributed by atoms with Crippen LogP contribution in [0.25, 0.3) is 0 Å². The number of ether oxygens (including phenoxy) is 2. The van der Waals surface area contributed by atoms with Crippen LogP contribution in [0.2, 0.25) is 0 Å². The van der Waals surface area contributed by atoms with Crippen LogP contribution in [0.4, 0.5) is 0 Å². The molecule has 1 aromatic heterocycles. The molecule has 0 radical (unpaired) electrons. The van der Waals surface area contributed by atoms with Crippen molar-refractivity contribution in [3.63, 3.8) is 0 Å². The minimum atomic E-state index is -1.09. The Balaban J connectivity index is 1.67. The number of hydrogen-bond donors (Lipinski definition) is 1. The summed E-state index contributed by atoms with van der Waals surface area (Å²) < 4.78 is 15.9. The third-order valence-electron chi connectivity index (χ3n) is 2.67. The van der Waals surface area contributed by atoms with Gasteiger partial charge < -0.3 is 19.1 Å². The highest BCUT2D eigenvalue weighted by Gasteiger charge is 2.13. The molecule has 1 aliphatic rings. The number of nitrogens with zero attached hydrogens (tertiary/aromatic N) is 1. The van der Waals surface area contributed by atoms with E-state index in [2.05, 4.69) is 5.16 Å². The van der Waals surface area contributed by atoms with E-state index < -0.39 is 5.97 Å². The first-order valence-corrected chi connectivity index (χ1v) is 6.92. The van der Waals surface area contributed by atoms with Crippen LogP contribution < -0.4 is 9.47 Å². The summed E-state index contributed by atoms with van der Waals surface area (Å²) in [6.45, 7) is 1.11. The lowest BCUT2D eigenvalue weighted by molar-refractivity contribution is 0.0685. The van der Waals surface area contributed by atoms with Crippen molar-refractivity contribution in [1.29, 1.82) is 0 Å². The number of carboxylic acid groups (broad SMARTS) is 1. The molecule has 104 valence electrons. The molecule has 0 unspecified atom stereocenters. The summed E-state index contributed by atoms with van der Waals surface area (Å²) in [6.07, 6.45) is 0. The maximum absolute atomic E-state index is 10.7. The molecule has 6 nitrogen and oxygen atoms in total. The predicted molar refractivity (Wildman–Crippen MR) is 70.5 cm³/mol. The Morgan fingerprint density at radius 1 is 1.25 bits per heavy atom. The molecule has 1 aromatic carbocycles. The minimum Gasteiger partial charge on any atom is -0.486 e. The van der Waals surface area contributed by atoms with Gasteiger partial charge in [0.25, 0.3) is 0 Å². The van der Waals surface area contributed by atoms with Crippen LogP contribution >= 0.6 is 11.8 Å². The number of benzene rings is 1. The molecule has 20 heavy (non-hydrogen) atoms. The van der Waals surface area contributed by atoms with Gasteiger partial charge in [0.15, 0.2) is 17.2 Å². The van der Waals surface area contributed by atoms with Crippen LogP contribution in [0.15, 0.2) is 33.7 Å². The fraction of sp³-hybridized carbons (Fsp3) is 0.231. The van der Waals surface area contributed by atoms with Gasteiger partial charge >= 0.3 is 5.97 Å². The minimum absolute atomic E-state index is 0.0808. The Hall–Kier alpha value is -2.15. The molecule has 3 rings (SSSR count). The monoisotopic (exact) mass is 293 g/mol. The predicted octanol–water partition coefficient (Wildman–Crippen LogP) is 2.44. The Bertz CT molecular complexity index is 639. The third-order valence-corrected chi connectivity index (χ3v) is 3.69. The first-order valence-electron chi connectivity index (χ1n) is 5.94. The van der Waals surface area contributed by atoms with Gasteiger partial charge in [-0.25, -0.2) is 4.79 Å². The summed E-state index contributed by atoms with van der Waals surface area (Å²) in [5.74, 6) is 1.39. The largest absolute Gasteiger partial charge is 0.486 e. The van der Waals surface area contributed by atoms with Crippen LogP contribution in [0.5, 0.6) is 11.5 Å². The SMILES string of the molecule is O=C(O)c1cc(CSc2ccc3c(c2)OCCO3)on1. The molecule has 0 saturated heterocycles. The van der Waals surface area contributed by atoms with E-state index in [4.69, 9.17) is 19.1 Å². The first-order chi connectivity index (χ1) is 9.72. The highest BCUT2D eigenvalue weighted by Crippen LogP contribution is 2.35. The van der Waals surface area contributed by atoms with Gasteiger partial charge in [0, 0.05) is 11.0 Å². The number of hydrogen-bond acceptors (Lipinski definition) is 6.